The average Bonchev–Trinajstić information content (AvgIpc) is 2.73. The van der Waals surface area contributed by atoms with Gasteiger partial charge in [-0.3, -0.25) is 9.59 Å². The Hall–Kier alpha value is -1.96. The molecule has 38 heavy (non-hydrogen) atoms. The Morgan fingerprint density at radius 3 is 1.84 bits per heavy atom. The average molecular weight is 680 g/mol. The highest BCUT2D eigenvalue weighted by Gasteiger charge is 2.61. The van der Waals surface area contributed by atoms with E-state index in [1.807, 2.05) is 0 Å². The van der Waals surface area contributed by atoms with E-state index in [9.17, 15) is 49.1 Å². The van der Waals surface area contributed by atoms with Crippen LogP contribution in [0.25, 0.3) is 6.08 Å². The van der Waals surface area contributed by atoms with Gasteiger partial charge in [-0.2, -0.15) is 39.5 Å². The summed E-state index contributed by atoms with van der Waals surface area (Å²) < 4.78 is 117. The van der Waals surface area contributed by atoms with Crippen LogP contribution in [-0.4, -0.2) is 36.8 Å². The number of allylic oxidation sites excluding steroid dienone is 1. The van der Waals surface area contributed by atoms with Gasteiger partial charge in [0.2, 0.25) is 11.8 Å². The fourth-order valence-electron chi connectivity index (χ4n) is 3.08. The van der Waals surface area contributed by atoms with E-state index in [-0.39, 0.29) is 36.2 Å². The molecule has 16 heteroatoms. The second-order valence-electron chi connectivity index (χ2n) is 7.57. The first kappa shape index (κ1) is 32.3. The van der Waals surface area contributed by atoms with E-state index in [1.54, 1.807) is 0 Å². The van der Waals surface area contributed by atoms with E-state index in [2.05, 4.69) is 15.9 Å². The molecule has 2 rings (SSSR count). The fraction of sp³-hybridized carbons (Fsp3) is 0.273. The number of hydrogen-bond acceptors (Lipinski definition) is 2. The van der Waals surface area contributed by atoms with Crippen molar-refractivity contribution in [3.63, 3.8) is 0 Å². The summed E-state index contributed by atoms with van der Waals surface area (Å²) in [5.74, 6) is -10.0. The number of hydrogen-bond donors (Lipinski definition) is 1. The number of nitrogens with one attached hydrogen (secondary N) is 1. The third kappa shape index (κ3) is 8.27. The quantitative estimate of drug-likeness (QED) is 0.181. The molecule has 2 aromatic rings. The smallest absolute Gasteiger partial charge is 0.348 e. The number of Topliss-reactive ketones (excluding diaryl/α,β-unsaturated/α-hetero) is 1. The predicted molar refractivity (Wildman–Crippen MR) is 126 cm³/mol. The molecule has 0 aliphatic carbocycles. The Balaban J connectivity index is 2.23. The van der Waals surface area contributed by atoms with E-state index < -0.39 is 48.6 Å². The monoisotopic (exact) mass is 677 g/mol. The zero-order chi connectivity index (χ0) is 29.2. The first-order chi connectivity index (χ1) is 17.2. The molecule has 3 nitrogen and oxygen atoms in total. The van der Waals surface area contributed by atoms with Gasteiger partial charge in [0.15, 0.2) is 5.78 Å². The van der Waals surface area contributed by atoms with E-state index in [4.69, 9.17) is 34.8 Å². The number of carbonyl (C=O) groups is 2. The lowest BCUT2D eigenvalue weighted by Gasteiger charge is -2.21. The van der Waals surface area contributed by atoms with Crippen molar-refractivity contribution in [3.05, 3.63) is 72.6 Å². The molecule has 0 aromatic heterocycles. The molecular weight excluding hydrogens is 667 g/mol. The van der Waals surface area contributed by atoms with Crippen LogP contribution < -0.4 is 5.32 Å². The van der Waals surface area contributed by atoms with E-state index >= 15 is 0 Å². The largest absolute Gasteiger partial charge is 0.409 e. The highest BCUT2D eigenvalue weighted by molar-refractivity contribution is 9.10. The van der Waals surface area contributed by atoms with Crippen LogP contribution >= 0.6 is 50.7 Å². The first-order valence-corrected chi connectivity index (χ1v) is 11.8. The molecule has 2 aromatic carbocycles. The Morgan fingerprint density at radius 2 is 1.39 bits per heavy atom. The number of amides is 1. The maximum Gasteiger partial charge on any atom is 0.409 e. The van der Waals surface area contributed by atoms with Crippen LogP contribution in [0.4, 0.5) is 39.5 Å². The number of benzene rings is 2. The van der Waals surface area contributed by atoms with Gasteiger partial charge in [0.1, 0.15) is 0 Å². The van der Waals surface area contributed by atoms with Crippen LogP contribution in [0.2, 0.25) is 15.1 Å². The Bertz CT molecular complexity index is 1210. The fourth-order valence-corrected chi connectivity index (χ4v) is 4.31. The molecule has 1 amide bonds. The maximum absolute atomic E-state index is 13.7. The molecular formula is C22H12BrCl3F9NO2. The number of ketones is 1. The van der Waals surface area contributed by atoms with Crippen molar-refractivity contribution in [3.8, 4) is 0 Å². The van der Waals surface area contributed by atoms with Gasteiger partial charge in [-0.05, 0) is 35.4 Å². The third-order valence-electron chi connectivity index (χ3n) is 4.83. The summed E-state index contributed by atoms with van der Waals surface area (Å²) in [6.07, 6.45) is -14.8. The standard InChI is InChI=1S/C22H12BrCl3F9NO2/c23-13-5-9(2-4-12(20(27,28)29)10-6-14(24)17(26)15(25)7-10)1-3-11(13)16(37)8-36-19(38)18(21(30,31)32)22(33,34)35/h1-7,12,18H,8H2,(H,36,38)/b4-2+. The zero-order valence-electron chi connectivity index (χ0n) is 18.1. The lowest BCUT2D eigenvalue weighted by Crippen LogP contribution is -2.48. The van der Waals surface area contributed by atoms with Crippen LogP contribution in [-0.2, 0) is 4.79 Å². The molecule has 0 saturated carbocycles. The minimum atomic E-state index is -5.93. The van der Waals surface area contributed by atoms with Gasteiger partial charge in [-0.15, -0.1) is 0 Å². The Morgan fingerprint density at radius 1 is 0.868 bits per heavy atom. The molecule has 1 atom stereocenters. The third-order valence-corrected chi connectivity index (χ3v) is 6.69. The molecule has 0 radical (unpaired) electrons. The van der Waals surface area contributed by atoms with Crippen LogP contribution in [0, 0.1) is 5.92 Å². The molecule has 0 spiro atoms. The van der Waals surface area contributed by atoms with Gasteiger partial charge < -0.3 is 5.32 Å². The summed E-state index contributed by atoms with van der Waals surface area (Å²) in [5.41, 5.74) is -0.445. The summed E-state index contributed by atoms with van der Waals surface area (Å²) in [7, 11) is 0. The van der Waals surface area contributed by atoms with E-state index in [0.717, 1.165) is 30.4 Å². The van der Waals surface area contributed by atoms with Crippen molar-refractivity contribution >= 4 is 68.5 Å². The van der Waals surface area contributed by atoms with Gasteiger partial charge in [0.25, 0.3) is 0 Å². The molecule has 1 unspecified atom stereocenters. The lowest BCUT2D eigenvalue weighted by atomic mass is 9.96. The van der Waals surface area contributed by atoms with Gasteiger partial charge >= 0.3 is 18.5 Å². The van der Waals surface area contributed by atoms with Crippen molar-refractivity contribution in [2.75, 3.05) is 6.54 Å². The summed E-state index contributed by atoms with van der Waals surface area (Å²) in [5, 5.41) is 0.770. The summed E-state index contributed by atoms with van der Waals surface area (Å²) in [6, 6.07) is 5.38. The highest BCUT2D eigenvalue weighted by atomic mass is 79.9. The molecule has 0 fully saturated rings. The van der Waals surface area contributed by atoms with Gasteiger partial charge in [0, 0.05) is 10.0 Å². The van der Waals surface area contributed by atoms with Crippen molar-refractivity contribution in [1.82, 2.24) is 5.32 Å². The molecule has 0 heterocycles. The molecule has 1 N–H and O–H groups in total. The number of rotatable bonds is 7. The number of carbonyl (C=O) groups excluding carboxylic acids is 2. The topological polar surface area (TPSA) is 46.2 Å². The number of halogens is 13. The van der Waals surface area contributed by atoms with E-state index in [1.165, 1.54) is 17.4 Å². The molecule has 0 aliphatic rings. The molecule has 208 valence electrons. The normalized spacial score (nSPS) is 13.7. The van der Waals surface area contributed by atoms with Gasteiger partial charge in [-0.1, -0.05) is 69.0 Å². The van der Waals surface area contributed by atoms with Gasteiger partial charge in [0.05, 0.1) is 27.5 Å². The Kier molecular flexibility index (Phi) is 10.2. The Labute approximate surface area is 232 Å². The SMILES string of the molecule is O=C(CNC(=O)C(C(F)(F)F)C(F)(F)F)c1ccc(/C=C/C(c2cc(Cl)c(Cl)c(Cl)c2)C(F)(F)F)cc1Br. The zero-order valence-corrected chi connectivity index (χ0v) is 22.0. The van der Waals surface area contributed by atoms with Crippen molar-refractivity contribution in [1.29, 1.82) is 0 Å². The molecule has 0 saturated heterocycles. The first-order valence-electron chi connectivity index (χ1n) is 9.86. The van der Waals surface area contributed by atoms with Gasteiger partial charge in [-0.25, -0.2) is 0 Å². The second-order valence-corrected chi connectivity index (χ2v) is 9.62. The second kappa shape index (κ2) is 12.1. The van der Waals surface area contributed by atoms with Crippen molar-refractivity contribution in [2.45, 2.75) is 24.4 Å². The van der Waals surface area contributed by atoms with Crippen molar-refractivity contribution in [2.24, 2.45) is 5.92 Å². The van der Waals surface area contributed by atoms with Crippen LogP contribution in [0.15, 0.2) is 40.9 Å². The minimum absolute atomic E-state index is 0.0526. The summed E-state index contributed by atoms with van der Waals surface area (Å²) in [6.45, 7) is -1.20. The maximum atomic E-state index is 13.7. The predicted octanol–water partition coefficient (Wildman–Crippen LogP) is 8.81. The number of alkyl halides is 9. The van der Waals surface area contributed by atoms with Crippen LogP contribution in [0.1, 0.15) is 27.4 Å². The van der Waals surface area contributed by atoms with E-state index in [0.29, 0.717) is 0 Å². The molecule has 0 aliphatic heterocycles. The minimum Gasteiger partial charge on any atom is -0.348 e. The summed E-state index contributed by atoms with van der Waals surface area (Å²) in [4.78, 5) is 23.7. The summed E-state index contributed by atoms with van der Waals surface area (Å²) >= 11 is 20.4. The van der Waals surface area contributed by atoms with Crippen LogP contribution in [0.3, 0.4) is 0 Å². The highest BCUT2D eigenvalue weighted by Crippen LogP contribution is 2.41. The van der Waals surface area contributed by atoms with Crippen molar-refractivity contribution < 1.29 is 49.1 Å². The van der Waals surface area contributed by atoms with Crippen LogP contribution in [0.5, 0.6) is 0 Å². The molecule has 0 bridgehead atoms. The lowest BCUT2D eigenvalue weighted by molar-refractivity contribution is -0.274.